The minimum Gasteiger partial charge on any atom is -0.481 e. The molecule has 1 aliphatic rings. The smallest absolute Gasteiger partial charge is 0.305 e. The summed E-state index contributed by atoms with van der Waals surface area (Å²) in [5.74, 6) is 58.0. The normalized spacial score (nSPS) is 15.8. The van der Waals surface area contributed by atoms with Crippen molar-refractivity contribution in [3.05, 3.63) is 71.8 Å². The summed E-state index contributed by atoms with van der Waals surface area (Å²) < 4.78 is 32.1. The van der Waals surface area contributed by atoms with Gasteiger partial charge in [0.1, 0.15) is 24.9 Å². The molecule has 488 valence electrons. The van der Waals surface area contributed by atoms with Crippen molar-refractivity contribution in [1.82, 2.24) is 5.32 Å². The quantitative estimate of drug-likeness (QED) is 0.0299. The number of rotatable bonds is 34. The number of hydrogen-bond acceptors (Lipinski definition) is 10. The number of carboxylic acids is 1. The van der Waals surface area contributed by atoms with E-state index >= 15 is 0 Å². The molecule has 0 aliphatic carbocycles. The summed E-state index contributed by atoms with van der Waals surface area (Å²) in [7, 11) is 0. The largest absolute Gasteiger partial charge is 0.481 e. The molecule has 85 heavy (non-hydrogen) atoms. The topological polar surface area (TPSA) is 170 Å². The minimum atomic E-state index is -1.48. The maximum atomic E-state index is 13.4. The summed E-state index contributed by atoms with van der Waals surface area (Å²) in [4.78, 5) is 37.5. The summed E-state index contributed by atoms with van der Waals surface area (Å²) in [5, 5.41) is 34.9. The number of aliphatic hydroxyl groups is 2. The van der Waals surface area contributed by atoms with Gasteiger partial charge in [-0.2, -0.15) is 0 Å². The predicted octanol–water partition coefficient (Wildman–Crippen LogP) is 14.8. The highest BCUT2D eigenvalue weighted by Gasteiger charge is 2.47. The number of carbonyl (C=O) groups is 3. The third-order valence-corrected chi connectivity index (χ3v) is 13.0. The lowest BCUT2D eigenvalue weighted by Crippen LogP contribution is -2.58. The van der Waals surface area contributed by atoms with E-state index in [0.29, 0.717) is 32.1 Å². The Morgan fingerprint density at radius 3 is 1.45 bits per heavy atom. The van der Waals surface area contributed by atoms with E-state index in [4.69, 9.17) is 28.8 Å². The van der Waals surface area contributed by atoms with Crippen LogP contribution in [-0.2, 0) is 51.3 Å². The van der Waals surface area contributed by atoms with Crippen molar-refractivity contribution in [3.63, 3.8) is 0 Å². The molecule has 4 N–H and O–H groups in total. The van der Waals surface area contributed by atoms with Crippen molar-refractivity contribution in [3.8, 4) is 142 Å². The van der Waals surface area contributed by atoms with Crippen molar-refractivity contribution < 1.29 is 87.6 Å². The Labute approximate surface area is 541 Å². The van der Waals surface area contributed by atoms with Crippen LogP contribution in [0.1, 0.15) is 188 Å². The van der Waals surface area contributed by atoms with Crippen molar-refractivity contribution in [2.24, 2.45) is 5.92 Å². The molecule has 12 nitrogen and oxygen atoms in total. The number of carboxylic acid groups (broad SMARTS) is 1. The Kier molecular flexibility index (Phi) is 39.7. The molecule has 2 aromatic carbocycles. The van der Waals surface area contributed by atoms with E-state index in [9.17, 15) is 24.6 Å². The van der Waals surface area contributed by atoms with Gasteiger partial charge in [0.15, 0.2) is 6.29 Å². The number of hydrogen-bond donors (Lipinski definition) is 4. The molecule has 0 aromatic heterocycles. The van der Waals surface area contributed by atoms with Crippen LogP contribution in [-0.4, -0.2) is 89.2 Å². The Hall–Kier alpha value is -8.67. The average molecular weight is 1190 g/mol. The van der Waals surface area contributed by atoms with Gasteiger partial charge in [-0.3, -0.25) is 14.4 Å². The fourth-order valence-corrected chi connectivity index (χ4v) is 8.58. The molecular formula is C73H125NO11. The first-order chi connectivity index (χ1) is 41.6. The monoisotopic (exact) mass is 1190 g/mol. The van der Waals surface area contributed by atoms with Gasteiger partial charge in [-0.15, -0.1) is 0 Å². The van der Waals surface area contributed by atoms with Gasteiger partial charge in [0.2, 0.25) is 0 Å². The van der Waals surface area contributed by atoms with Crippen LogP contribution >= 0.6 is 0 Å². The van der Waals surface area contributed by atoms with Crippen LogP contribution in [0.5, 0.6) is 0 Å². The van der Waals surface area contributed by atoms with E-state index in [1.807, 2.05) is 67.6 Å². The molecule has 0 saturated carbocycles. The van der Waals surface area contributed by atoms with Crippen molar-refractivity contribution in [2.45, 2.75) is 199 Å². The first-order valence-electron chi connectivity index (χ1n) is 29.2. The van der Waals surface area contributed by atoms with Crippen molar-refractivity contribution in [1.29, 1.82) is 0 Å². The Balaban J connectivity index is -0.000000158. The van der Waals surface area contributed by atoms with Crippen LogP contribution in [0.2, 0.25) is 0 Å². The first kappa shape index (κ1) is 70.6. The number of amides is 1. The highest BCUT2D eigenvalue weighted by atomic mass is 16.7. The van der Waals surface area contributed by atoms with Crippen molar-refractivity contribution >= 4 is 17.8 Å². The molecule has 3 rings (SSSR count). The Morgan fingerprint density at radius 2 is 0.976 bits per heavy atom. The van der Waals surface area contributed by atoms with Gasteiger partial charge in [0, 0.05) is 94.4 Å². The average Bonchev–Trinajstić information content (AvgIpc) is 0.797. The molecule has 12 heteroatoms. The molecule has 1 heterocycles. The molecular weight excluding hydrogens is 1070 g/mol. The van der Waals surface area contributed by atoms with Gasteiger partial charge in [0.25, 0.3) is 5.91 Å². The SMILES string of the molecule is CC#CC#CC#CC#CC#CC#CC#CC#CC#CC#CC#CC#CC(=O)N[C@@H](CO[C@H]1OC(COC(=O)CCCCCCC(=O)O)[C@H](OCc2ccccc2)[C@H](C)C1OCc1ccccc1)[C@H](O)[C@H](O)CCCCCCCCCCCCCC.[HH].[HH].[HH].[HH].[HH].[HH].[HH].[HH].[HH].[HH].[HH].[HH].[HH].[HH].[HH].[HH].[HH].[HH].[HH].[HH].[HH].[HH].[HH].[HH]. The van der Waals surface area contributed by atoms with E-state index in [2.05, 4.69) is 154 Å². The molecule has 1 fully saturated rings. The zero-order valence-electron chi connectivity index (χ0n) is 49.3. The highest BCUT2D eigenvalue weighted by Crippen LogP contribution is 2.33. The van der Waals surface area contributed by atoms with Gasteiger partial charge >= 0.3 is 11.9 Å². The minimum absolute atomic E-state index is 0. The number of aliphatic carboxylic acids is 1. The summed E-state index contributed by atoms with van der Waals surface area (Å²) >= 11 is 0. The van der Waals surface area contributed by atoms with Gasteiger partial charge in [-0.05, 0) is 132 Å². The third-order valence-electron chi connectivity index (χ3n) is 13.0. The molecule has 1 aliphatic heterocycles. The summed E-state index contributed by atoms with van der Waals surface area (Å²) in [6.45, 7) is 5.74. The Bertz CT molecular complexity index is 3260. The standard InChI is InChI=1S/C73H77NO11.24H2/c1-4-6-8-10-12-14-16-18-19-20-21-22-23-24-25-26-27-28-30-32-34-36-46-54-67(76)74-64(70(80)65(75)53-45-35-33-31-29-17-15-13-11-9-7-5-2)59-84-73-72(83-58-63-51-43-40-44-52-63)61(3)71(82-57-62-49-41-39-42-50-62)66(85-73)60-81-69(79)56-48-38-37-47-55-68(77)78;;;;;;;;;;;;;;;;;;;;;;;;/h39-44,49-52,61,64-66,70-73,75,80H,5,7,9,11,13,15,17,29,31,33,35,37-38,45,47-48,53,55-60H2,1-3H3,(H,74,76)(H,77,78);24*1H/t61-,64-,65+,66?,70-,71+,72?,73-;;;;;;;;;;;;;;;;;;;;;;;;/m0......................../s1. The molecule has 2 unspecified atom stereocenters. The van der Waals surface area contributed by atoms with Crippen LogP contribution in [0, 0.1) is 148 Å². The van der Waals surface area contributed by atoms with Crippen LogP contribution in [0.25, 0.3) is 0 Å². The van der Waals surface area contributed by atoms with Crippen molar-refractivity contribution in [2.75, 3.05) is 13.2 Å². The van der Waals surface area contributed by atoms with Crippen LogP contribution in [0.15, 0.2) is 60.7 Å². The first-order valence-corrected chi connectivity index (χ1v) is 29.2. The summed E-state index contributed by atoms with van der Waals surface area (Å²) in [6, 6.07) is 18.0. The number of carbonyl (C=O) groups excluding carboxylic acids is 2. The summed E-state index contributed by atoms with van der Waals surface area (Å²) in [5.41, 5.74) is 1.81. The van der Waals surface area contributed by atoms with Crippen LogP contribution < -0.4 is 5.32 Å². The molecule has 0 spiro atoms. The molecule has 1 amide bonds. The molecule has 2 aromatic rings. The second-order valence-corrected chi connectivity index (χ2v) is 19.7. The van der Waals surface area contributed by atoms with E-state index in [-0.39, 0.29) is 79.9 Å². The van der Waals surface area contributed by atoms with E-state index in [1.54, 1.807) is 6.92 Å². The molecule has 1 saturated heterocycles. The number of nitrogens with one attached hydrogen (secondary N) is 1. The zero-order valence-corrected chi connectivity index (χ0v) is 49.3. The third kappa shape index (κ3) is 35.2. The highest BCUT2D eigenvalue weighted by molar-refractivity contribution is 5.94. The van der Waals surface area contributed by atoms with Gasteiger partial charge in [-0.1, -0.05) is 170 Å². The number of aliphatic hydroxyl groups excluding tert-OH is 2. The van der Waals surface area contributed by atoms with Gasteiger partial charge in [-0.25, -0.2) is 0 Å². The van der Waals surface area contributed by atoms with E-state index < -0.39 is 66.6 Å². The molecule has 0 bridgehead atoms. The number of ether oxygens (including phenoxy) is 5. The number of unbranched alkanes of at least 4 members (excludes halogenated alkanes) is 14. The molecule has 0 radical (unpaired) electrons. The maximum absolute atomic E-state index is 13.4. The van der Waals surface area contributed by atoms with E-state index in [1.165, 1.54) is 51.4 Å². The maximum Gasteiger partial charge on any atom is 0.305 e. The lowest BCUT2D eigenvalue weighted by atomic mass is 9.90. The molecule has 8 atom stereocenters. The number of benzene rings is 2. The van der Waals surface area contributed by atoms with Crippen LogP contribution in [0.4, 0.5) is 0 Å². The van der Waals surface area contributed by atoms with Gasteiger partial charge < -0.3 is 44.3 Å². The second-order valence-electron chi connectivity index (χ2n) is 19.7. The predicted molar refractivity (Wildman–Crippen MR) is 379 cm³/mol. The lowest BCUT2D eigenvalue weighted by molar-refractivity contribution is -0.308. The zero-order chi connectivity index (χ0) is 61.1. The fraction of sp³-hybridized carbons (Fsp3) is 0.466. The Morgan fingerprint density at radius 1 is 0.553 bits per heavy atom. The fourth-order valence-electron chi connectivity index (χ4n) is 8.58. The van der Waals surface area contributed by atoms with Gasteiger partial charge in [0.05, 0.1) is 38.1 Å². The number of esters is 1. The summed E-state index contributed by atoms with van der Waals surface area (Å²) in [6.07, 6.45) is 10.5. The van der Waals surface area contributed by atoms with Crippen LogP contribution in [0.3, 0.4) is 0 Å². The van der Waals surface area contributed by atoms with E-state index in [0.717, 1.165) is 30.4 Å². The lowest BCUT2D eigenvalue weighted by Gasteiger charge is -2.45. The second kappa shape index (κ2) is 47.8.